The molecule has 0 spiro atoms. The molecule has 8 heteroatoms. The first kappa shape index (κ1) is 21.0. The average molecular weight is 444 g/mol. The molecule has 0 unspecified atom stereocenters. The van der Waals surface area contributed by atoms with Gasteiger partial charge < -0.3 is 4.90 Å². The second kappa shape index (κ2) is 8.60. The number of benzene rings is 1. The van der Waals surface area contributed by atoms with E-state index in [1.165, 1.54) is 18.2 Å². The molecule has 5 rings (SSSR count). The molecule has 4 heterocycles. The van der Waals surface area contributed by atoms with Crippen molar-refractivity contribution < 1.29 is 8.78 Å². The van der Waals surface area contributed by atoms with E-state index in [1.54, 1.807) is 10.7 Å². The van der Waals surface area contributed by atoms with Crippen molar-refractivity contribution in [1.82, 2.24) is 19.5 Å². The fourth-order valence-corrected chi connectivity index (χ4v) is 4.33. The zero-order valence-electron chi connectivity index (χ0n) is 18.2. The van der Waals surface area contributed by atoms with Gasteiger partial charge in [-0.3, -0.25) is 4.90 Å². The van der Waals surface area contributed by atoms with E-state index < -0.39 is 11.6 Å². The van der Waals surface area contributed by atoms with E-state index in [1.807, 2.05) is 37.5 Å². The number of rotatable bonds is 4. The maximum atomic E-state index is 14.0. The van der Waals surface area contributed by atoms with Gasteiger partial charge in [0.2, 0.25) is 0 Å². The van der Waals surface area contributed by atoms with Crippen LogP contribution in [0.15, 0.2) is 55.0 Å². The number of anilines is 1. The molecule has 1 saturated heterocycles. The number of hydrogen-bond donors (Lipinski definition) is 0. The van der Waals surface area contributed by atoms with Gasteiger partial charge >= 0.3 is 0 Å². The molecule has 4 aromatic rings. The first-order chi connectivity index (χ1) is 16.0. The van der Waals surface area contributed by atoms with Crippen molar-refractivity contribution in [3.8, 4) is 17.2 Å². The highest BCUT2D eigenvalue weighted by atomic mass is 19.1. The number of nitriles is 1. The van der Waals surface area contributed by atoms with Crippen molar-refractivity contribution in [2.75, 3.05) is 31.1 Å². The molecule has 0 atom stereocenters. The Bertz CT molecular complexity index is 1330. The van der Waals surface area contributed by atoms with Gasteiger partial charge in [-0.15, -0.1) is 0 Å². The molecule has 33 heavy (non-hydrogen) atoms. The third-order valence-electron chi connectivity index (χ3n) is 6.07. The highest BCUT2D eigenvalue weighted by Gasteiger charge is 2.21. The summed E-state index contributed by atoms with van der Waals surface area (Å²) in [4.78, 5) is 8.89. The summed E-state index contributed by atoms with van der Waals surface area (Å²) in [6.07, 6.45) is 5.29. The van der Waals surface area contributed by atoms with E-state index in [9.17, 15) is 14.0 Å². The smallest absolute Gasteiger partial charge is 0.130 e. The largest absolute Gasteiger partial charge is 0.354 e. The minimum absolute atomic E-state index is 0.120. The Labute approximate surface area is 190 Å². The predicted octanol–water partition coefficient (Wildman–Crippen LogP) is 4.18. The van der Waals surface area contributed by atoms with Gasteiger partial charge in [0.25, 0.3) is 0 Å². The van der Waals surface area contributed by atoms with E-state index in [0.717, 1.165) is 41.1 Å². The fourth-order valence-electron chi connectivity index (χ4n) is 4.33. The SMILES string of the molecule is Cc1cc(-c2ccc(N3CCN(Cc4c(F)cccc4F)CC3)nc2)c2c(C#N)cnn2c1. The van der Waals surface area contributed by atoms with E-state index in [-0.39, 0.29) is 12.1 Å². The second-order valence-corrected chi connectivity index (χ2v) is 8.26. The molecule has 1 aliphatic rings. The monoisotopic (exact) mass is 444 g/mol. The van der Waals surface area contributed by atoms with Crippen molar-refractivity contribution in [3.63, 3.8) is 0 Å². The summed E-state index contributed by atoms with van der Waals surface area (Å²) in [6, 6.07) is 12.2. The molecule has 1 aromatic carbocycles. The summed E-state index contributed by atoms with van der Waals surface area (Å²) in [5, 5.41) is 13.7. The van der Waals surface area contributed by atoms with E-state index in [2.05, 4.69) is 26.0 Å². The van der Waals surface area contributed by atoms with Crippen LogP contribution in [0.5, 0.6) is 0 Å². The molecule has 0 bridgehead atoms. The van der Waals surface area contributed by atoms with Crippen LogP contribution in [0.25, 0.3) is 16.6 Å². The number of pyridine rings is 2. The molecule has 1 aliphatic heterocycles. The van der Waals surface area contributed by atoms with Gasteiger partial charge in [0, 0.05) is 61.8 Å². The minimum atomic E-state index is -0.502. The van der Waals surface area contributed by atoms with Crippen LogP contribution in [0.2, 0.25) is 0 Å². The number of halogens is 2. The average Bonchev–Trinajstić information content (AvgIpc) is 3.24. The number of fused-ring (bicyclic) bond motifs is 1. The number of aryl methyl sites for hydroxylation is 1. The van der Waals surface area contributed by atoms with Gasteiger partial charge in [-0.1, -0.05) is 6.07 Å². The Morgan fingerprint density at radius 1 is 1.03 bits per heavy atom. The highest BCUT2D eigenvalue weighted by Crippen LogP contribution is 2.29. The maximum Gasteiger partial charge on any atom is 0.130 e. The zero-order chi connectivity index (χ0) is 22.9. The highest BCUT2D eigenvalue weighted by molar-refractivity contribution is 5.84. The number of hydrogen-bond acceptors (Lipinski definition) is 5. The molecule has 3 aromatic heterocycles. The number of aromatic nitrogens is 3. The van der Waals surface area contributed by atoms with Crippen LogP contribution in [0, 0.1) is 29.9 Å². The fraction of sp³-hybridized carbons (Fsp3) is 0.240. The predicted molar refractivity (Wildman–Crippen MR) is 122 cm³/mol. The lowest BCUT2D eigenvalue weighted by atomic mass is 10.0. The van der Waals surface area contributed by atoms with E-state index in [0.29, 0.717) is 18.7 Å². The molecule has 0 saturated carbocycles. The molecule has 0 amide bonds. The lowest BCUT2D eigenvalue weighted by molar-refractivity contribution is 0.242. The van der Waals surface area contributed by atoms with Crippen LogP contribution < -0.4 is 4.90 Å². The quantitative estimate of drug-likeness (QED) is 0.473. The summed E-state index contributed by atoms with van der Waals surface area (Å²) in [6.45, 7) is 5.07. The number of nitrogens with zero attached hydrogens (tertiary/aromatic N) is 6. The van der Waals surface area contributed by atoms with Crippen LogP contribution in [0.4, 0.5) is 14.6 Å². The van der Waals surface area contributed by atoms with E-state index >= 15 is 0 Å². The van der Waals surface area contributed by atoms with Crippen LogP contribution in [-0.4, -0.2) is 45.7 Å². The second-order valence-electron chi connectivity index (χ2n) is 8.26. The molecular formula is C25H22F2N6. The normalized spacial score (nSPS) is 14.5. The molecule has 0 aliphatic carbocycles. The van der Waals surface area contributed by atoms with Crippen molar-refractivity contribution in [2.24, 2.45) is 0 Å². The van der Waals surface area contributed by atoms with Crippen molar-refractivity contribution in [3.05, 3.63) is 83.3 Å². The lowest BCUT2D eigenvalue weighted by Gasteiger charge is -2.35. The molecule has 6 nitrogen and oxygen atoms in total. The Balaban J connectivity index is 1.31. The Morgan fingerprint density at radius 3 is 2.45 bits per heavy atom. The topological polar surface area (TPSA) is 60.5 Å². The van der Waals surface area contributed by atoms with Gasteiger partial charge in [0.05, 0.1) is 17.3 Å². The van der Waals surface area contributed by atoms with Crippen LogP contribution >= 0.6 is 0 Å². The van der Waals surface area contributed by atoms with Gasteiger partial charge in [0.15, 0.2) is 0 Å². The summed E-state index contributed by atoms with van der Waals surface area (Å²) in [7, 11) is 0. The minimum Gasteiger partial charge on any atom is -0.354 e. The third-order valence-corrected chi connectivity index (χ3v) is 6.07. The van der Waals surface area contributed by atoms with Gasteiger partial charge in [0.1, 0.15) is 23.5 Å². The Hall–Kier alpha value is -3.83. The molecule has 0 N–H and O–H groups in total. The Morgan fingerprint density at radius 2 is 1.79 bits per heavy atom. The van der Waals surface area contributed by atoms with Gasteiger partial charge in [-0.05, 0) is 42.8 Å². The zero-order valence-corrected chi connectivity index (χ0v) is 18.2. The third kappa shape index (κ3) is 4.03. The maximum absolute atomic E-state index is 14.0. The first-order valence-electron chi connectivity index (χ1n) is 10.8. The van der Waals surface area contributed by atoms with Crippen LogP contribution in [0.3, 0.4) is 0 Å². The molecule has 1 fully saturated rings. The molecule has 166 valence electrons. The van der Waals surface area contributed by atoms with Gasteiger partial charge in [-0.2, -0.15) is 10.4 Å². The number of piperazine rings is 1. The summed E-state index contributed by atoms with van der Waals surface area (Å²) in [5.41, 5.74) is 4.28. The summed E-state index contributed by atoms with van der Waals surface area (Å²) < 4.78 is 29.7. The van der Waals surface area contributed by atoms with Crippen molar-refractivity contribution in [1.29, 1.82) is 5.26 Å². The van der Waals surface area contributed by atoms with Crippen LogP contribution in [-0.2, 0) is 6.54 Å². The van der Waals surface area contributed by atoms with Gasteiger partial charge in [-0.25, -0.2) is 18.3 Å². The Kier molecular flexibility index (Phi) is 5.48. The van der Waals surface area contributed by atoms with Crippen molar-refractivity contribution >= 4 is 11.3 Å². The lowest BCUT2D eigenvalue weighted by Crippen LogP contribution is -2.46. The standard InChI is InChI=1S/C25H22F2N6/c1-17-11-20(25-19(12-28)14-30-33(25)15-17)18-5-6-24(29-13-18)32-9-7-31(8-10-32)16-21-22(26)3-2-4-23(21)27/h2-6,11,13-15H,7-10,16H2,1H3. The van der Waals surface area contributed by atoms with Crippen molar-refractivity contribution in [2.45, 2.75) is 13.5 Å². The molecular weight excluding hydrogens is 422 g/mol. The van der Waals surface area contributed by atoms with E-state index in [4.69, 9.17) is 0 Å². The van der Waals surface area contributed by atoms with Crippen LogP contribution in [0.1, 0.15) is 16.7 Å². The summed E-state index contributed by atoms with van der Waals surface area (Å²) >= 11 is 0. The molecule has 0 radical (unpaired) electrons. The summed E-state index contributed by atoms with van der Waals surface area (Å²) in [5.74, 6) is -0.150. The first-order valence-corrected chi connectivity index (χ1v) is 10.8.